The highest BCUT2D eigenvalue weighted by molar-refractivity contribution is 5.89. The van der Waals surface area contributed by atoms with E-state index in [1.807, 2.05) is 24.3 Å². The first-order valence-corrected chi connectivity index (χ1v) is 8.68. The van der Waals surface area contributed by atoms with Crippen molar-refractivity contribution in [1.29, 1.82) is 0 Å². The normalized spacial score (nSPS) is 11.4. The number of aromatic nitrogens is 3. The zero-order chi connectivity index (χ0) is 18.7. The smallest absolute Gasteiger partial charge is 0.358 e. The van der Waals surface area contributed by atoms with Crippen molar-refractivity contribution < 1.29 is 9.53 Å². The Bertz CT molecular complexity index is 891. The van der Waals surface area contributed by atoms with E-state index in [-0.39, 0.29) is 11.1 Å². The highest BCUT2D eigenvalue weighted by atomic mass is 16.5. The van der Waals surface area contributed by atoms with E-state index in [9.17, 15) is 4.79 Å². The highest BCUT2D eigenvalue weighted by Gasteiger charge is 2.19. The lowest BCUT2D eigenvalue weighted by Crippen LogP contribution is -2.11. The molecule has 3 rings (SSSR count). The second kappa shape index (κ2) is 7.12. The number of ether oxygens (including phenoxy) is 1. The number of nitrogens with zero attached hydrogens (tertiary/aromatic N) is 3. The molecular weight excluding hydrogens is 326 g/mol. The Kier molecular flexibility index (Phi) is 4.89. The summed E-state index contributed by atoms with van der Waals surface area (Å²) in [7, 11) is 0. The van der Waals surface area contributed by atoms with E-state index < -0.39 is 5.97 Å². The first kappa shape index (κ1) is 17.9. The van der Waals surface area contributed by atoms with Crippen LogP contribution in [0.3, 0.4) is 0 Å². The van der Waals surface area contributed by atoms with E-state index in [2.05, 4.69) is 43.0 Å². The van der Waals surface area contributed by atoms with Crippen molar-refractivity contribution in [3.63, 3.8) is 0 Å². The zero-order valence-corrected chi connectivity index (χ0v) is 15.6. The Morgan fingerprint density at radius 1 is 1.15 bits per heavy atom. The summed E-state index contributed by atoms with van der Waals surface area (Å²) in [6.45, 7) is 8.62. The van der Waals surface area contributed by atoms with Crippen LogP contribution in [0.1, 0.15) is 43.7 Å². The molecule has 0 aliphatic rings. The van der Waals surface area contributed by atoms with Crippen molar-refractivity contribution in [3.05, 3.63) is 66.1 Å². The second-order valence-corrected chi connectivity index (χ2v) is 7.09. The van der Waals surface area contributed by atoms with E-state index in [0.29, 0.717) is 6.61 Å². The molecule has 0 radical (unpaired) electrons. The summed E-state index contributed by atoms with van der Waals surface area (Å²) in [6, 6.07) is 13.8. The number of benzene rings is 1. The number of carbonyl (C=O) groups is 1. The summed E-state index contributed by atoms with van der Waals surface area (Å²) in [5.41, 5.74) is 4.16. The van der Waals surface area contributed by atoms with Crippen molar-refractivity contribution in [2.75, 3.05) is 6.61 Å². The van der Waals surface area contributed by atoms with E-state index in [1.165, 1.54) is 5.56 Å². The van der Waals surface area contributed by atoms with Gasteiger partial charge >= 0.3 is 5.97 Å². The molecule has 1 aromatic carbocycles. The lowest BCUT2D eigenvalue weighted by molar-refractivity contribution is 0.0519. The van der Waals surface area contributed by atoms with Gasteiger partial charge in [0.05, 0.1) is 18.0 Å². The molecule has 0 amide bonds. The highest BCUT2D eigenvalue weighted by Crippen LogP contribution is 2.27. The molecule has 2 aromatic heterocycles. The molecule has 0 saturated heterocycles. The molecule has 0 aliphatic carbocycles. The molecule has 3 aromatic rings. The maximum Gasteiger partial charge on any atom is 0.358 e. The summed E-state index contributed by atoms with van der Waals surface area (Å²) in [5.74, 6) is -0.428. The van der Waals surface area contributed by atoms with Gasteiger partial charge in [0.2, 0.25) is 0 Å². The quantitative estimate of drug-likeness (QED) is 0.655. The van der Waals surface area contributed by atoms with Crippen LogP contribution in [0.25, 0.3) is 16.9 Å². The topological polar surface area (TPSA) is 57.0 Å². The van der Waals surface area contributed by atoms with Gasteiger partial charge < -0.3 is 4.74 Å². The molecule has 2 heterocycles. The second-order valence-electron chi connectivity index (χ2n) is 7.09. The number of hydrogen-bond acceptors (Lipinski definition) is 4. The summed E-state index contributed by atoms with van der Waals surface area (Å²) in [4.78, 5) is 16.3. The van der Waals surface area contributed by atoms with Gasteiger partial charge in [-0.2, -0.15) is 5.10 Å². The summed E-state index contributed by atoms with van der Waals surface area (Å²) in [5, 5.41) is 4.48. The molecule has 0 atom stereocenters. The van der Waals surface area contributed by atoms with Crippen LogP contribution in [0.15, 0.2) is 54.9 Å². The van der Waals surface area contributed by atoms with E-state index in [0.717, 1.165) is 16.9 Å². The third-order valence-electron chi connectivity index (χ3n) is 4.13. The minimum Gasteiger partial charge on any atom is -0.461 e. The van der Waals surface area contributed by atoms with Crippen LogP contribution in [-0.2, 0) is 10.2 Å². The van der Waals surface area contributed by atoms with Crippen molar-refractivity contribution in [3.8, 4) is 16.9 Å². The van der Waals surface area contributed by atoms with Crippen molar-refractivity contribution in [2.45, 2.75) is 33.1 Å². The van der Waals surface area contributed by atoms with E-state index >= 15 is 0 Å². The molecule has 5 heteroatoms. The summed E-state index contributed by atoms with van der Waals surface area (Å²) >= 11 is 0. The van der Waals surface area contributed by atoms with Crippen LogP contribution in [-0.4, -0.2) is 27.3 Å². The fourth-order valence-electron chi connectivity index (χ4n) is 2.71. The Labute approximate surface area is 153 Å². The molecule has 0 N–H and O–H groups in total. The van der Waals surface area contributed by atoms with Gasteiger partial charge in [0, 0.05) is 18.0 Å². The van der Waals surface area contributed by atoms with E-state index in [1.54, 1.807) is 30.1 Å². The van der Waals surface area contributed by atoms with Crippen LogP contribution in [0.5, 0.6) is 0 Å². The minimum absolute atomic E-state index is 0.0743. The van der Waals surface area contributed by atoms with Crippen molar-refractivity contribution in [2.24, 2.45) is 0 Å². The summed E-state index contributed by atoms with van der Waals surface area (Å²) < 4.78 is 6.86. The number of hydrogen-bond donors (Lipinski definition) is 0. The third kappa shape index (κ3) is 3.67. The number of rotatable bonds is 4. The van der Waals surface area contributed by atoms with Crippen LogP contribution in [0.4, 0.5) is 0 Å². The Hall–Kier alpha value is -2.95. The van der Waals surface area contributed by atoms with Crippen molar-refractivity contribution >= 4 is 5.97 Å². The van der Waals surface area contributed by atoms with Gasteiger partial charge in [0.1, 0.15) is 0 Å². The van der Waals surface area contributed by atoms with Gasteiger partial charge in [0.25, 0.3) is 0 Å². The molecule has 0 aliphatic heterocycles. The SMILES string of the molecule is CCOC(=O)c1cc(-c2cccnc2)n(-c2ccc(C(C)(C)C)cc2)n1. The minimum atomic E-state index is -0.428. The first-order valence-electron chi connectivity index (χ1n) is 8.68. The predicted octanol–water partition coefficient (Wildman–Crippen LogP) is 4.41. The number of carbonyl (C=O) groups excluding carboxylic acids is 1. The van der Waals surface area contributed by atoms with Crippen LogP contribution < -0.4 is 0 Å². The average Bonchev–Trinajstić information content (AvgIpc) is 3.07. The Morgan fingerprint density at radius 3 is 2.46 bits per heavy atom. The molecule has 0 saturated carbocycles. The molecule has 0 spiro atoms. The average molecular weight is 349 g/mol. The first-order chi connectivity index (χ1) is 12.4. The monoisotopic (exact) mass is 349 g/mol. The summed E-state index contributed by atoms with van der Waals surface area (Å²) in [6.07, 6.45) is 3.47. The maximum atomic E-state index is 12.1. The Morgan fingerprint density at radius 2 is 1.88 bits per heavy atom. The van der Waals surface area contributed by atoms with Crippen LogP contribution in [0.2, 0.25) is 0 Å². The molecule has 5 nitrogen and oxygen atoms in total. The van der Waals surface area contributed by atoms with Crippen LogP contribution in [0, 0.1) is 0 Å². The zero-order valence-electron chi connectivity index (χ0n) is 15.6. The maximum absolute atomic E-state index is 12.1. The standard InChI is InChI=1S/C21H23N3O2/c1-5-26-20(25)18-13-19(15-7-6-12-22-14-15)24(23-18)17-10-8-16(9-11-17)21(2,3)4/h6-14H,5H2,1-4H3. The molecule has 0 fully saturated rings. The van der Waals surface area contributed by atoms with Crippen molar-refractivity contribution in [1.82, 2.24) is 14.8 Å². The lowest BCUT2D eigenvalue weighted by atomic mass is 9.87. The van der Waals surface area contributed by atoms with Gasteiger partial charge in [0.15, 0.2) is 5.69 Å². The molecule has 0 bridgehead atoms. The van der Waals surface area contributed by atoms with E-state index in [4.69, 9.17) is 4.74 Å². The van der Waals surface area contributed by atoms with Gasteiger partial charge in [-0.1, -0.05) is 32.9 Å². The predicted molar refractivity (Wildman–Crippen MR) is 101 cm³/mol. The van der Waals surface area contributed by atoms with Crippen LogP contribution >= 0.6 is 0 Å². The largest absolute Gasteiger partial charge is 0.461 e. The van der Waals surface area contributed by atoms with Gasteiger partial charge in [-0.15, -0.1) is 0 Å². The molecule has 0 unspecified atom stereocenters. The fourth-order valence-corrected chi connectivity index (χ4v) is 2.71. The number of pyridine rings is 1. The third-order valence-corrected chi connectivity index (χ3v) is 4.13. The molecular formula is C21H23N3O2. The fraction of sp³-hybridized carbons (Fsp3) is 0.286. The molecule has 26 heavy (non-hydrogen) atoms. The Balaban J connectivity index is 2.09. The number of esters is 1. The van der Waals surface area contributed by atoms with Gasteiger partial charge in [-0.25, -0.2) is 9.48 Å². The van der Waals surface area contributed by atoms with Gasteiger partial charge in [-0.05, 0) is 48.2 Å². The lowest BCUT2D eigenvalue weighted by Gasteiger charge is -2.19. The molecule has 134 valence electrons. The van der Waals surface area contributed by atoms with Gasteiger partial charge in [-0.3, -0.25) is 4.98 Å².